The highest BCUT2D eigenvalue weighted by molar-refractivity contribution is 7.10. The molecule has 3 rings (SSSR count). The van der Waals surface area contributed by atoms with E-state index >= 15 is 0 Å². The summed E-state index contributed by atoms with van der Waals surface area (Å²) in [6.45, 7) is 1.99. The topological polar surface area (TPSA) is 67.8 Å². The fourth-order valence-corrected chi connectivity index (χ4v) is 2.94. The number of hydrogen-bond donors (Lipinski definition) is 2. The van der Waals surface area contributed by atoms with Crippen LogP contribution in [0.1, 0.15) is 17.4 Å². The lowest BCUT2D eigenvalue weighted by atomic mass is 9.95. The third-order valence-electron chi connectivity index (χ3n) is 3.54. The first-order valence-electron chi connectivity index (χ1n) is 6.96. The van der Waals surface area contributed by atoms with E-state index in [-0.39, 0.29) is 19.2 Å². The van der Waals surface area contributed by atoms with Gasteiger partial charge in [0.15, 0.2) is 11.5 Å². The fraction of sp³-hybridized carbons (Fsp3) is 0.312. The molecule has 1 aromatic heterocycles. The van der Waals surface area contributed by atoms with Crippen LogP contribution in [0.4, 0.5) is 0 Å². The van der Waals surface area contributed by atoms with Crippen molar-refractivity contribution in [1.82, 2.24) is 5.32 Å². The first-order valence-corrected chi connectivity index (χ1v) is 7.84. The summed E-state index contributed by atoms with van der Waals surface area (Å²) in [5.41, 5.74) is -0.500. The summed E-state index contributed by atoms with van der Waals surface area (Å²) in [5.74, 6) is 1.17. The number of aliphatic hydroxyl groups is 1. The summed E-state index contributed by atoms with van der Waals surface area (Å²) in [4.78, 5) is 12.9. The van der Waals surface area contributed by atoms with Gasteiger partial charge in [0, 0.05) is 4.88 Å². The summed E-state index contributed by atoms with van der Waals surface area (Å²) >= 11 is 1.54. The Bertz CT molecular complexity index is 667. The van der Waals surface area contributed by atoms with Crippen molar-refractivity contribution >= 4 is 17.2 Å². The Kier molecular flexibility index (Phi) is 4.04. The van der Waals surface area contributed by atoms with Crippen LogP contribution >= 0.6 is 11.3 Å². The van der Waals surface area contributed by atoms with Crippen LogP contribution in [0.3, 0.4) is 0 Å². The van der Waals surface area contributed by atoms with Crippen LogP contribution < -0.4 is 14.8 Å². The van der Waals surface area contributed by atoms with E-state index in [0.717, 1.165) is 4.88 Å². The van der Waals surface area contributed by atoms with Crippen molar-refractivity contribution < 1.29 is 19.4 Å². The van der Waals surface area contributed by atoms with E-state index in [4.69, 9.17) is 9.47 Å². The normalized spacial score (nSPS) is 15.4. The molecule has 1 aromatic carbocycles. The molecule has 5 nitrogen and oxygen atoms in total. The summed E-state index contributed by atoms with van der Waals surface area (Å²) < 4.78 is 10.6. The van der Waals surface area contributed by atoms with Gasteiger partial charge in [-0.05, 0) is 36.1 Å². The lowest BCUT2D eigenvalue weighted by Crippen LogP contribution is -2.39. The van der Waals surface area contributed by atoms with Crippen LogP contribution in [0.25, 0.3) is 0 Å². The quantitative estimate of drug-likeness (QED) is 0.885. The van der Waals surface area contributed by atoms with Gasteiger partial charge in [-0.25, -0.2) is 0 Å². The van der Waals surface area contributed by atoms with Gasteiger partial charge in [0.1, 0.15) is 5.60 Å². The molecule has 2 N–H and O–H groups in total. The molecule has 0 saturated heterocycles. The van der Waals surface area contributed by atoms with Gasteiger partial charge in [0.2, 0.25) is 12.7 Å². The summed E-state index contributed by atoms with van der Waals surface area (Å²) in [7, 11) is 0. The van der Waals surface area contributed by atoms with E-state index in [1.54, 1.807) is 36.5 Å². The molecule has 1 unspecified atom stereocenters. The highest BCUT2D eigenvalue weighted by Crippen LogP contribution is 2.35. The third kappa shape index (κ3) is 3.23. The maximum Gasteiger partial charge on any atom is 0.231 e. The van der Waals surface area contributed by atoms with Gasteiger partial charge in [-0.3, -0.25) is 4.79 Å². The maximum atomic E-state index is 11.9. The molecule has 6 heteroatoms. The Labute approximate surface area is 132 Å². The number of hydrogen-bond acceptors (Lipinski definition) is 5. The van der Waals surface area contributed by atoms with E-state index < -0.39 is 5.60 Å². The number of thiophene rings is 1. The van der Waals surface area contributed by atoms with Gasteiger partial charge >= 0.3 is 0 Å². The number of benzene rings is 1. The number of amides is 1. The van der Waals surface area contributed by atoms with Crippen LogP contribution in [-0.4, -0.2) is 24.4 Å². The SMILES string of the molecule is CC(O)(CNC(=O)Cc1cccs1)c1ccc2c(c1)OCO2. The number of carbonyl (C=O) groups is 1. The molecule has 1 aliphatic heterocycles. The van der Waals surface area contributed by atoms with Gasteiger partial charge in [0.25, 0.3) is 0 Å². The van der Waals surface area contributed by atoms with E-state index in [1.807, 2.05) is 17.5 Å². The summed E-state index contributed by atoms with van der Waals surface area (Å²) in [6, 6.07) is 9.11. The van der Waals surface area contributed by atoms with E-state index in [2.05, 4.69) is 5.32 Å². The molecule has 0 saturated carbocycles. The minimum atomic E-state index is -1.17. The molecular formula is C16H17NO4S. The van der Waals surface area contributed by atoms with E-state index in [1.165, 1.54) is 0 Å². The fourth-order valence-electron chi connectivity index (χ4n) is 2.24. The monoisotopic (exact) mass is 319 g/mol. The number of carbonyl (C=O) groups excluding carboxylic acids is 1. The number of ether oxygens (including phenoxy) is 2. The van der Waals surface area contributed by atoms with Gasteiger partial charge in [-0.1, -0.05) is 12.1 Å². The van der Waals surface area contributed by atoms with E-state index in [9.17, 15) is 9.90 Å². The molecule has 0 spiro atoms. The third-order valence-corrected chi connectivity index (χ3v) is 4.42. The second-order valence-corrected chi connectivity index (χ2v) is 6.41. The van der Waals surface area contributed by atoms with Crippen LogP contribution in [0.15, 0.2) is 35.7 Å². The lowest BCUT2D eigenvalue weighted by Gasteiger charge is -2.24. The minimum Gasteiger partial charge on any atom is -0.454 e. The summed E-state index contributed by atoms with van der Waals surface area (Å²) in [6.07, 6.45) is 0.328. The zero-order valence-corrected chi connectivity index (χ0v) is 13.0. The molecule has 22 heavy (non-hydrogen) atoms. The summed E-state index contributed by atoms with van der Waals surface area (Å²) in [5, 5.41) is 15.3. The number of rotatable bonds is 5. The molecule has 0 radical (unpaired) electrons. The first kappa shape index (κ1) is 14.9. The molecule has 1 atom stereocenters. The van der Waals surface area contributed by atoms with Crippen molar-refractivity contribution in [2.75, 3.05) is 13.3 Å². The van der Waals surface area contributed by atoms with Crippen LogP contribution in [0.2, 0.25) is 0 Å². The van der Waals surface area contributed by atoms with Crippen LogP contribution in [-0.2, 0) is 16.8 Å². The smallest absolute Gasteiger partial charge is 0.231 e. The molecule has 1 amide bonds. The van der Waals surface area contributed by atoms with Gasteiger partial charge in [0.05, 0.1) is 13.0 Å². The highest BCUT2D eigenvalue weighted by atomic mass is 32.1. The second-order valence-electron chi connectivity index (χ2n) is 5.37. The average molecular weight is 319 g/mol. The van der Waals surface area contributed by atoms with Gasteiger partial charge in [-0.15, -0.1) is 11.3 Å². The lowest BCUT2D eigenvalue weighted by molar-refractivity contribution is -0.121. The van der Waals surface area contributed by atoms with Crippen molar-refractivity contribution in [2.45, 2.75) is 18.9 Å². The average Bonchev–Trinajstić information content (AvgIpc) is 3.15. The molecule has 2 heterocycles. The zero-order valence-electron chi connectivity index (χ0n) is 12.2. The maximum absolute atomic E-state index is 11.9. The van der Waals surface area contributed by atoms with Crippen molar-refractivity contribution in [3.05, 3.63) is 46.2 Å². The Morgan fingerprint density at radius 3 is 2.95 bits per heavy atom. The Hall–Kier alpha value is -2.05. The molecule has 0 bridgehead atoms. The second kappa shape index (κ2) is 5.98. The Balaban J connectivity index is 1.62. The Morgan fingerprint density at radius 2 is 2.18 bits per heavy atom. The minimum absolute atomic E-state index is 0.108. The molecular weight excluding hydrogens is 302 g/mol. The molecule has 2 aromatic rings. The molecule has 0 fully saturated rings. The molecule has 116 valence electrons. The predicted molar refractivity (Wildman–Crippen MR) is 83.2 cm³/mol. The van der Waals surface area contributed by atoms with Gasteiger partial charge in [-0.2, -0.15) is 0 Å². The molecule has 1 aliphatic rings. The van der Waals surface area contributed by atoms with Crippen molar-refractivity contribution in [1.29, 1.82) is 0 Å². The Morgan fingerprint density at radius 1 is 1.36 bits per heavy atom. The first-order chi connectivity index (χ1) is 10.5. The standard InChI is InChI=1S/C16H17NO4S/c1-16(19,9-17-15(18)8-12-3-2-6-22-12)11-4-5-13-14(7-11)21-10-20-13/h2-7,19H,8-10H2,1H3,(H,17,18). The van der Waals surface area contributed by atoms with Gasteiger partial charge < -0.3 is 19.9 Å². The molecule has 0 aliphatic carbocycles. The van der Waals surface area contributed by atoms with Crippen LogP contribution in [0, 0.1) is 0 Å². The van der Waals surface area contributed by atoms with Crippen molar-refractivity contribution in [2.24, 2.45) is 0 Å². The largest absolute Gasteiger partial charge is 0.454 e. The van der Waals surface area contributed by atoms with Crippen LogP contribution in [0.5, 0.6) is 11.5 Å². The number of fused-ring (bicyclic) bond motifs is 1. The number of nitrogens with one attached hydrogen (secondary N) is 1. The predicted octanol–water partition coefficient (Wildman–Crippen LogP) is 2.04. The van der Waals surface area contributed by atoms with Crippen molar-refractivity contribution in [3.63, 3.8) is 0 Å². The highest BCUT2D eigenvalue weighted by Gasteiger charge is 2.26. The zero-order chi connectivity index (χ0) is 15.6. The van der Waals surface area contributed by atoms with E-state index in [0.29, 0.717) is 23.5 Å². The van der Waals surface area contributed by atoms with Crippen molar-refractivity contribution in [3.8, 4) is 11.5 Å².